The topological polar surface area (TPSA) is 95.6 Å². The van der Waals surface area contributed by atoms with Crippen molar-refractivity contribution in [1.29, 1.82) is 0 Å². The molecular weight excluding hydrogens is 358 g/mol. The van der Waals surface area contributed by atoms with E-state index in [0.29, 0.717) is 10.6 Å². The summed E-state index contributed by atoms with van der Waals surface area (Å²) in [6, 6.07) is 6.31. The van der Waals surface area contributed by atoms with Crippen LogP contribution in [0.3, 0.4) is 0 Å². The molecule has 2 fully saturated rings. The number of benzene rings is 1. The van der Waals surface area contributed by atoms with Gasteiger partial charge in [-0.2, -0.15) is 0 Å². The van der Waals surface area contributed by atoms with E-state index in [9.17, 15) is 19.2 Å². The van der Waals surface area contributed by atoms with Crippen molar-refractivity contribution in [3.8, 4) is 0 Å². The minimum Gasteiger partial charge on any atom is -0.282 e. The Kier molecular flexibility index (Phi) is 5.56. The van der Waals surface area contributed by atoms with Crippen LogP contribution in [0.1, 0.15) is 42.5 Å². The van der Waals surface area contributed by atoms with Crippen LogP contribution in [-0.2, 0) is 14.4 Å². The van der Waals surface area contributed by atoms with Gasteiger partial charge in [-0.1, -0.05) is 30.5 Å². The van der Waals surface area contributed by atoms with Crippen molar-refractivity contribution >= 4 is 35.2 Å². The lowest BCUT2D eigenvalue weighted by atomic mass is 9.81. The summed E-state index contributed by atoms with van der Waals surface area (Å²) in [7, 11) is 0. The van der Waals surface area contributed by atoms with E-state index in [2.05, 4.69) is 10.9 Å². The van der Waals surface area contributed by atoms with Crippen molar-refractivity contribution in [3.63, 3.8) is 0 Å². The molecule has 1 aliphatic heterocycles. The molecule has 2 aliphatic rings. The second-order valence-electron chi connectivity index (χ2n) is 6.59. The van der Waals surface area contributed by atoms with E-state index in [1.54, 1.807) is 18.2 Å². The summed E-state index contributed by atoms with van der Waals surface area (Å²) >= 11 is 5.82. The molecule has 0 bridgehead atoms. The molecule has 2 N–H and O–H groups in total. The first kappa shape index (κ1) is 18.4. The first-order chi connectivity index (χ1) is 12.5. The molecule has 4 amide bonds. The smallest absolute Gasteiger partial charge is 0.269 e. The molecule has 1 saturated heterocycles. The SMILES string of the molecule is O=C(CCN1C(=O)[C@@H]2CCCC[C@H]2C1=O)NNC(=O)c1cccc(Cl)c1. The van der Waals surface area contributed by atoms with Gasteiger partial charge < -0.3 is 0 Å². The number of halogens is 1. The number of amides is 4. The van der Waals surface area contributed by atoms with Crippen LogP contribution >= 0.6 is 11.6 Å². The molecule has 0 unspecified atom stereocenters. The first-order valence-corrected chi connectivity index (χ1v) is 9.05. The van der Waals surface area contributed by atoms with Gasteiger partial charge in [0.1, 0.15) is 0 Å². The van der Waals surface area contributed by atoms with Gasteiger partial charge in [0.05, 0.1) is 11.8 Å². The highest BCUT2D eigenvalue weighted by Crippen LogP contribution is 2.37. The number of hydrogen-bond donors (Lipinski definition) is 2. The molecule has 1 aromatic carbocycles. The van der Waals surface area contributed by atoms with Gasteiger partial charge in [0.25, 0.3) is 5.91 Å². The van der Waals surface area contributed by atoms with Crippen LogP contribution < -0.4 is 10.9 Å². The van der Waals surface area contributed by atoms with E-state index in [-0.39, 0.29) is 36.6 Å². The van der Waals surface area contributed by atoms with Gasteiger partial charge in [0.15, 0.2) is 0 Å². The van der Waals surface area contributed by atoms with Crippen LogP contribution in [-0.4, -0.2) is 35.1 Å². The average molecular weight is 378 g/mol. The number of carbonyl (C=O) groups excluding carboxylic acids is 4. The minimum absolute atomic E-state index is 0.0313. The fraction of sp³-hybridized carbons (Fsp3) is 0.444. The monoisotopic (exact) mass is 377 g/mol. The van der Waals surface area contributed by atoms with E-state index in [0.717, 1.165) is 25.7 Å². The summed E-state index contributed by atoms with van der Waals surface area (Å²) in [4.78, 5) is 49.7. The molecule has 1 saturated carbocycles. The first-order valence-electron chi connectivity index (χ1n) is 8.67. The van der Waals surface area contributed by atoms with Crippen molar-refractivity contribution in [1.82, 2.24) is 15.8 Å². The molecule has 0 spiro atoms. The Morgan fingerprint density at radius 1 is 1.08 bits per heavy atom. The number of imide groups is 1. The van der Waals surface area contributed by atoms with Gasteiger partial charge in [-0.15, -0.1) is 0 Å². The molecule has 0 radical (unpaired) electrons. The quantitative estimate of drug-likeness (QED) is 0.616. The molecule has 26 heavy (non-hydrogen) atoms. The summed E-state index contributed by atoms with van der Waals surface area (Å²) in [5.41, 5.74) is 4.89. The Balaban J connectivity index is 1.47. The molecule has 138 valence electrons. The van der Waals surface area contributed by atoms with Crippen LogP contribution in [0.4, 0.5) is 0 Å². The fourth-order valence-electron chi connectivity index (χ4n) is 3.56. The number of fused-ring (bicyclic) bond motifs is 1. The summed E-state index contributed by atoms with van der Waals surface area (Å²) in [6.45, 7) is 0.0313. The lowest BCUT2D eigenvalue weighted by molar-refractivity contribution is -0.140. The summed E-state index contributed by atoms with van der Waals surface area (Å²) < 4.78 is 0. The van der Waals surface area contributed by atoms with Crippen LogP contribution in [0.2, 0.25) is 5.02 Å². The largest absolute Gasteiger partial charge is 0.282 e. The van der Waals surface area contributed by atoms with Crippen LogP contribution in [0.5, 0.6) is 0 Å². The third-order valence-corrected chi connectivity index (χ3v) is 5.13. The van der Waals surface area contributed by atoms with Crippen LogP contribution in [0.15, 0.2) is 24.3 Å². The van der Waals surface area contributed by atoms with Gasteiger partial charge >= 0.3 is 0 Å². The zero-order chi connectivity index (χ0) is 18.7. The molecule has 2 atom stereocenters. The van der Waals surface area contributed by atoms with Crippen LogP contribution in [0, 0.1) is 11.8 Å². The van der Waals surface area contributed by atoms with E-state index < -0.39 is 11.8 Å². The third-order valence-electron chi connectivity index (χ3n) is 4.90. The van der Waals surface area contributed by atoms with Crippen molar-refractivity contribution in [3.05, 3.63) is 34.9 Å². The molecule has 8 heteroatoms. The van der Waals surface area contributed by atoms with Crippen LogP contribution in [0.25, 0.3) is 0 Å². The molecule has 3 rings (SSSR count). The van der Waals surface area contributed by atoms with Gasteiger partial charge in [-0.3, -0.25) is 34.9 Å². The Labute approximate surface area is 156 Å². The van der Waals surface area contributed by atoms with Crippen molar-refractivity contribution < 1.29 is 19.2 Å². The van der Waals surface area contributed by atoms with Gasteiger partial charge in [-0.25, -0.2) is 0 Å². The second kappa shape index (κ2) is 7.86. The Hall–Kier alpha value is -2.41. The van der Waals surface area contributed by atoms with Gasteiger partial charge in [-0.05, 0) is 31.0 Å². The van der Waals surface area contributed by atoms with E-state index in [1.165, 1.54) is 11.0 Å². The molecule has 1 heterocycles. The normalized spacial score (nSPS) is 22.1. The Bertz CT molecular complexity index is 728. The number of nitrogens with one attached hydrogen (secondary N) is 2. The average Bonchev–Trinajstić information content (AvgIpc) is 2.89. The zero-order valence-corrected chi connectivity index (χ0v) is 14.9. The lowest BCUT2D eigenvalue weighted by Crippen LogP contribution is -2.43. The highest BCUT2D eigenvalue weighted by Gasteiger charge is 2.47. The van der Waals surface area contributed by atoms with E-state index in [4.69, 9.17) is 11.6 Å². The minimum atomic E-state index is -0.500. The number of likely N-dealkylation sites (tertiary alicyclic amines) is 1. The lowest BCUT2D eigenvalue weighted by Gasteiger charge is -2.19. The number of rotatable bonds is 4. The Morgan fingerprint density at radius 3 is 2.35 bits per heavy atom. The maximum Gasteiger partial charge on any atom is 0.269 e. The maximum atomic E-state index is 12.3. The number of hydrogen-bond acceptors (Lipinski definition) is 4. The predicted molar refractivity (Wildman–Crippen MR) is 93.8 cm³/mol. The number of nitrogens with zero attached hydrogens (tertiary/aromatic N) is 1. The highest BCUT2D eigenvalue weighted by molar-refractivity contribution is 6.30. The van der Waals surface area contributed by atoms with Gasteiger partial charge in [0, 0.05) is 23.6 Å². The fourth-order valence-corrected chi connectivity index (χ4v) is 3.75. The summed E-state index contributed by atoms with van der Waals surface area (Å²) in [5.74, 6) is -1.76. The number of carbonyl (C=O) groups is 4. The summed E-state index contributed by atoms with van der Waals surface area (Å²) in [6.07, 6.45) is 3.35. The maximum absolute atomic E-state index is 12.3. The molecular formula is C18H20ClN3O4. The molecule has 1 aromatic rings. The van der Waals surface area contributed by atoms with Gasteiger partial charge in [0.2, 0.25) is 17.7 Å². The van der Waals surface area contributed by atoms with E-state index in [1.807, 2.05) is 0 Å². The van der Waals surface area contributed by atoms with E-state index >= 15 is 0 Å². The Morgan fingerprint density at radius 2 is 1.73 bits per heavy atom. The van der Waals surface area contributed by atoms with Crippen molar-refractivity contribution in [2.24, 2.45) is 11.8 Å². The standard InChI is InChI=1S/C18H20ClN3O4/c19-12-5-3-4-11(10-12)16(24)21-20-15(23)8-9-22-17(25)13-6-1-2-7-14(13)18(22)26/h3-5,10,13-14H,1-2,6-9H2,(H,20,23)(H,21,24)/t13-,14-/m1/s1. The summed E-state index contributed by atoms with van der Waals surface area (Å²) in [5, 5.41) is 0.413. The highest BCUT2D eigenvalue weighted by atomic mass is 35.5. The number of hydrazine groups is 1. The molecule has 7 nitrogen and oxygen atoms in total. The molecule has 1 aliphatic carbocycles. The van der Waals surface area contributed by atoms with Crippen molar-refractivity contribution in [2.75, 3.05) is 6.54 Å². The predicted octanol–water partition coefficient (Wildman–Crippen LogP) is 1.67. The zero-order valence-electron chi connectivity index (χ0n) is 14.2. The molecule has 0 aromatic heterocycles. The second-order valence-corrected chi connectivity index (χ2v) is 7.02. The van der Waals surface area contributed by atoms with Crippen molar-refractivity contribution in [2.45, 2.75) is 32.1 Å². The third kappa shape index (κ3) is 3.88.